The van der Waals surface area contributed by atoms with E-state index < -0.39 is 6.10 Å². The molecule has 0 bridgehead atoms. The first-order valence-electron chi connectivity index (χ1n) is 24.9. The van der Waals surface area contributed by atoms with Gasteiger partial charge in [-0.1, -0.05) is 225 Å². The minimum Gasteiger partial charge on any atom is -0.462 e. The molecule has 0 saturated heterocycles. The van der Waals surface area contributed by atoms with Gasteiger partial charge in [0.15, 0.2) is 6.10 Å². The summed E-state index contributed by atoms with van der Waals surface area (Å²) >= 11 is 0. The third kappa shape index (κ3) is 45.1. The van der Waals surface area contributed by atoms with Gasteiger partial charge in [0.25, 0.3) is 0 Å². The van der Waals surface area contributed by atoms with E-state index >= 15 is 0 Å². The lowest BCUT2D eigenvalue weighted by Gasteiger charge is -2.18. The van der Waals surface area contributed by atoms with Gasteiger partial charge < -0.3 is 14.2 Å². The number of carbonyl (C=O) groups is 2. The summed E-state index contributed by atoms with van der Waals surface area (Å²) < 4.78 is 17.3. The third-order valence-electron chi connectivity index (χ3n) is 11.0. The van der Waals surface area contributed by atoms with E-state index in [9.17, 15) is 9.59 Å². The first-order valence-corrected chi connectivity index (χ1v) is 24.9. The topological polar surface area (TPSA) is 61.8 Å². The largest absolute Gasteiger partial charge is 0.462 e. The molecule has 0 saturated carbocycles. The second-order valence-corrected chi connectivity index (χ2v) is 16.7. The Balaban J connectivity index is 3.98. The maximum absolute atomic E-state index is 12.6. The van der Waals surface area contributed by atoms with Gasteiger partial charge in [0.2, 0.25) is 0 Å². The molecule has 0 heterocycles. The molecule has 5 heteroatoms. The number of esters is 2. The summed E-state index contributed by atoms with van der Waals surface area (Å²) in [5, 5.41) is 0. The quantitative estimate of drug-likeness (QED) is 0.0349. The minimum absolute atomic E-state index is 0.0900. The average molecular weight is 789 g/mol. The summed E-state index contributed by atoms with van der Waals surface area (Å²) in [6, 6.07) is 0. The zero-order valence-electron chi connectivity index (χ0n) is 37.9. The predicted molar refractivity (Wildman–Crippen MR) is 242 cm³/mol. The van der Waals surface area contributed by atoms with Gasteiger partial charge in [-0.05, 0) is 51.4 Å². The highest BCUT2D eigenvalue weighted by Crippen LogP contribution is 2.15. The molecule has 0 rings (SSSR count). The van der Waals surface area contributed by atoms with Crippen molar-refractivity contribution in [2.24, 2.45) is 0 Å². The van der Waals surface area contributed by atoms with Gasteiger partial charge in [-0.2, -0.15) is 0 Å². The van der Waals surface area contributed by atoms with E-state index in [1.54, 1.807) is 0 Å². The molecular formula is C51H96O5. The Morgan fingerprint density at radius 3 is 1.21 bits per heavy atom. The molecule has 1 atom stereocenters. The Hall–Kier alpha value is -1.62. The first kappa shape index (κ1) is 54.4. The molecule has 0 N–H and O–H groups in total. The fourth-order valence-corrected chi connectivity index (χ4v) is 7.25. The van der Waals surface area contributed by atoms with E-state index in [0.29, 0.717) is 26.1 Å². The van der Waals surface area contributed by atoms with E-state index in [4.69, 9.17) is 14.2 Å². The van der Waals surface area contributed by atoms with Crippen molar-refractivity contribution in [1.82, 2.24) is 0 Å². The predicted octanol–water partition coefficient (Wildman–Crippen LogP) is 16.5. The van der Waals surface area contributed by atoms with Crippen molar-refractivity contribution in [3.63, 3.8) is 0 Å². The summed E-state index contributed by atoms with van der Waals surface area (Å²) in [6.07, 6.45) is 55.0. The highest BCUT2D eigenvalue weighted by Gasteiger charge is 2.17. The Morgan fingerprint density at radius 2 is 0.750 bits per heavy atom. The molecule has 0 amide bonds. The monoisotopic (exact) mass is 789 g/mol. The summed E-state index contributed by atoms with van der Waals surface area (Å²) in [5.41, 5.74) is 0. The van der Waals surface area contributed by atoms with E-state index in [-0.39, 0.29) is 18.5 Å². The molecule has 5 nitrogen and oxygen atoms in total. The molecule has 0 aromatic carbocycles. The highest BCUT2D eigenvalue weighted by atomic mass is 16.6. The van der Waals surface area contributed by atoms with Crippen LogP contribution in [0.3, 0.4) is 0 Å². The van der Waals surface area contributed by atoms with Gasteiger partial charge in [0.05, 0.1) is 6.61 Å². The van der Waals surface area contributed by atoms with Crippen molar-refractivity contribution in [3.05, 3.63) is 24.3 Å². The molecule has 0 radical (unpaired) electrons. The number of rotatable bonds is 46. The van der Waals surface area contributed by atoms with Crippen LogP contribution < -0.4 is 0 Å². The Labute approximate surface area is 349 Å². The molecule has 1 unspecified atom stereocenters. The van der Waals surface area contributed by atoms with E-state index in [1.807, 2.05) is 0 Å². The van der Waals surface area contributed by atoms with E-state index in [2.05, 4.69) is 45.1 Å². The van der Waals surface area contributed by atoms with Crippen molar-refractivity contribution >= 4 is 11.9 Å². The Kier molecular flexibility index (Phi) is 46.4. The van der Waals surface area contributed by atoms with Crippen LogP contribution in [0.2, 0.25) is 0 Å². The second-order valence-electron chi connectivity index (χ2n) is 16.7. The Morgan fingerprint density at radius 1 is 0.393 bits per heavy atom. The van der Waals surface area contributed by atoms with Crippen molar-refractivity contribution < 1.29 is 23.8 Å². The molecule has 0 aromatic rings. The molecule has 0 aliphatic heterocycles. The number of carbonyl (C=O) groups excluding carboxylic acids is 2. The van der Waals surface area contributed by atoms with Crippen molar-refractivity contribution in [1.29, 1.82) is 0 Å². The summed E-state index contributed by atoms with van der Waals surface area (Å²) in [4.78, 5) is 25.1. The van der Waals surface area contributed by atoms with Gasteiger partial charge in [-0.3, -0.25) is 9.59 Å². The van der Waals surface area contributed by atoms with Crippen LogP contribution in [0.25, 0.3) is 0 Å². The maximum atomic E-state index is 12.6. The van der Waals surface area contributed by atoms with Crippen LogP contribution in [-0.2, 0) is 23.8 Å². The normalized spacial score (nSPS) is 12.3. The standard InChI is InChI=1S/C51H96O5/c1-4-7-10-13-15-17-19-21-23-24-25-26-27-29-31-33-35-37-40-43-46-54-47-49(56-51(53)45-42-38-12-9-6-3)48-55-50(52)44-41-39-36-34-32-30-28-22-20-18-16-14-11-8-5-2/h15,17,21,23,49H,4-14,16,18-20,22,24-48H2,1-3H3/b17-15-,23-21-. The Bertz CT molecular complexity index is 851. The molecule has 0 aliphatic rings. The third-order valence-corrected chi connectivity index (χ3v) is 11.0. The van der Waals surface area contributed by atoms with Gasteiger partial charge >= 0.3 is 11.9 Å². The molecular weight excluding hydrogens is 693 g/mol. The second kappa shape index (κ2) is 47.8. The minimum atomic E-state index is -0.526. The van der Waals surface area contributed by atoms with Gasteiger partial charge in [-0.15, -0.1) is 0 Å². The molecule has 0 aromatic heterocycles. The molecule has 0 fully saturated rings. The number of allylic oxidation sites excluding steroid dienone is 4. The van der Waals surface area contributed by atoms with Gasteiger partial charge in [0.1, 0.15) is 6.61 Å². The summed E-state index contributed by atoms with van der Waals surface area (Å²) in [6.45, 7) is 7.77. The SMILES string of the molecule is CCCCC/C=C\C/C=C\CCCCCCCCCCCCOCC(COC(=O)CCCCCCCCCCCCCCCCC)OC(=O)CCCCCCC. The number of ether oxygens (including phenoxy) is 3. The van der Waals surface area contributed by atoms with Crippen LogP contribution in [0.15, 0.2) is 24.3 Å². The molecule has 56 heavy (non-hydrogen) atoms. The maximum Gasteiger partial charge on any atom is 0.306 e. The lowest BCUT2D eigenvalue weighted by Crippen LogP contribution is -2.30. The zero-order chi connectivity index (χ0) is 40.7. The van der Waals surface area contributed by atoms with Crippen molar-refractivity contribution in [2.45, 2.75) is 271 Å². The fourth-order valence-electron chi connectivity index (χ4n) is 7.25. The molecule has 0 spiro atoms. The molecule has 0 aliphatic carbocycles. The van der Waals surface area contributed by atoms with Crippen LogP contribution >= 0.6 is 0 Å². The summed E-state index contributed by atoms with van der Waals surface area (Å²) in [5.74, 6) is -0.397. The van der Waals surface area contributed by atoms with Crippen LogP contribution in [0.4, 0.5) is 0 Å². The summed E-state index contributed by atoms with van der Waals surface area (Å²) in [7, 11) is 0. The number of hydrogen-bond donors (Lipinski definition) is 0. The van der Waals surface area contributed by atoms with Crippen molar-refractivity contribution in [3.8, 4) is 0 Å². The van der Waals surface area contributed by atoms with E-state index in [1.165, 1.54) is 180 Å². The number of hydrogen-bond acceptors (Lipinski definition) is 5. The molecule has 330 valence electrons. The lowest BCUT2D eigenvalue weighted by atomic mass is 10.0. The van der Waals surface area contributed by atoms with Crippen LogP contribution in [-0.4, -0.2) is 37.9 Å². The van der Waals surface area contributed by atoms with Crippen LogP contribution in [0, 0.1) is 0 Å². The van der Waals surface area contributed by atoms with Gasteiger partial charge in [-0.25, -0.2) is 0 Å². The highest BCUT2D eigenvalue weighted by molar-refractivity contribution is 5.70. The first-order chi connectivity index (χ1) is 27.6. The van der Waals surface area contributed by atoms with E-state index in [0.717, 1.165) is 51.4 Å². The van der Waals surface area contributed by atoms with Gasteiger partial charge in [0, 0.05) is 19.4 Å². The van der Waals surface area contributed by atoms with Crippen molar-refractivity contribution in [2.75, 3.05) is 19.8 Å². The average Bonchev–Trinajstić information content (AvgIpc) is 3.20. The smallest absolute Gasteiger partial charge is 0.306 e. The zero-order valence-corrected chi connectivity index (χ0v) is 37.9. The number of unbranched alkanes of at least 4 members (excludes halogenated alkanes) is 31. The lowest BCUT2D eigenvalue weighted by molar-refractivity contribution is -0.163. The van der Waals surface area contributed by atoms with Crippen LogP contribution in [0.1, 0.15) is 265 Å². The van der Waals surface area contributed by atoms with Crippen LogP contribution in [0.5, 0.6) is 0 Å². The fraction of sp³-hybridized carbons (Fsp3) is 0.882.